The number of aromatic carboxylic acids is 1. The summed E-state index contributed by atoms with van der Waals surface area (Å²) in [4.78, 5) is 24.9. The first-order valence-electron chi connectivity index (χ1n) is 6.18. The van der Waals surface area contributed by atoms with Crippen LogP contribution in [0, 0.1) is 5.92 Å². The molecule has 0 bridgehead atoms. The van der Waals surface area contributed by atoms with E-state index in [-0.39, 0.29) is 17.2 Å². The second-order valence-electron chi connectivity index (χ2n) is 4.75. The van der Waals surface area contributed by atoms with Crippen molar-refractivity contribution in [3.05, 3.63) is 23.2 Å². The predicted octanol–water partition coefficient (Wildman–Crippen LogP) is 2.02. The topological polar surface area (TPSA) is 70.8 Å². The van der Waals surface area contributed by atoms with Gasteiger partial charge in [-0.05, 0) is 12.3 Å². The van der Waals surface area contributed by atoms with Crippen molar-refractivity contribution >= 4 is 11.9 Å². The largest absolute Gasteiger partial charge is 0.478 e. The van der Waals surface area contributed by atoms with Gasteiger partial charge in [-0.15, -0.1) is 0 Å². The molecule has 0 aliphatic carbocycles. The summed E-state index contributed by atoms with van der Waals surface area (Å²) < 4.78 is 5.36. The molecule has 1 fully saturated rings. The summed E-state index contributed by atoms with van der Waals surface area (Å²) in [5.41, 5.74) is 0.0908. The average Bonchev–Trinajstić information content (AvgIpc) is 2.93. The molecule has 1 atom stereocenters. The number of nitrogens with zero attached hydrogens (tertiary/aromatic N) is 1. The Balaban J connectivity index is 2.23. The minimum atomic E-state index is -1.05. The molecule has 1 unspecified atom stereocenters. The summed E-state index contributed by atoms with van der Waals surface area (Å²) in [5.74, 6) is -0.268. The summed E-state index contributed by atoms with van der Waals surface area (Å²) in [7, 11) is 0. The van der Waals surface area contributed by atoms with Gasteiger partial charge in [0.15, 0.2) is 5.76 Å². The van der Waals surface area contributed by atoms with Crippen LogP contribution in [0.15, 0.2) is 10.5 Å². The molecule has 1 aliphatic rings. The van der Waals surface area contributed by atoms with Crippen molar-refractivity contribution in [3.8, 4) is 0 Å². The van der Waals surface area contributed by atoms with Crippen LogP contribution in [0.2, 0.25) is 0 Å². The average molecular weight is 251 g/mol. The van der Waals surface area contributed by atoms with E-state index in [9.17, 15) is 9.59 Å². The van der Waals surface area contributed by atoms with Crippen molar-refractivity contribution in [1.29, 1.82) is 0 Å². The zero-order valence-electron chi connectivity index (χ0n) is 10.6. The maximum atomic E-state index is 12.1. The maximum Gasteiger partial charge on any atom is 0.339 e. The van der Waals surface area contributed by atoms with Gasteiger partial charge in [0.25, 0.3) is 5.91 Å². The van der Waals surface area contributed by atoms with Crippen molar-refractivity contribution in [2.75, 3.05) is 13.1 Å². The van der Waals surface area contributed by atoms with Crippen molar-refractivity contribution in [3.63, 3.8) is 0 Å². The Morgan fingerprint density at radius 2 is 2.28 bits per heavy atom. The fourth-order valence-corrected chi connectivity index (χ4v) is 2.25. The van der Waals surface area contributed by atoms with Crippen LogP contribution in [0.5, 0.6) is 0 Å². The Labute approximate surface area is 105 Å². The Hall–Kier alpha value is -1.78. The SMILES string of the molecule is CCc1oc(C(=O)N2CCC(C)C2)cc1C(=O)O. The van der Waals surface area contributed by atoms with Gasteiger partial charge < -0.3 is 14.4 Å². The third-order valence-electron chi connectivity index (χ3n) is 3.28. The third-order valence-corrected chi connectivity index (χ3v) is 3.28. The lowest BCUT2D eigenvalue weighted by molar-refractivity contribution is 0.0693. The molecular weight excluding hydrogens is 234 g/mol. The monoisotopic (exact) mass is 251 g/mol. The second kappa shape index (κ2) is 4.84. The van der Waals surface area contributed by atoms with Crippen LogP contribution < -0.4 is 0 Å². The Kier molecular flexibility index (Phi) is 3.41. The fourth-order valence-electron chi connectivity index (χ4n) is 2.25. The number of likely N-dealkylation sites (tertiary alicyclic amines) is 1. The third kappa shape index (κ3) is 2.25. The van der Waals surface area contributed by atoms with Gasteiger partial charge in [-0.2, -0.15) is 0 Å². The number of carbonyl (C=O) groups excluding carboxylic acids is 1. The first-order valence-corrected chi connectivity index (χ1v) is 6.18. The molecule has 18 heavy (non-hydrogen) atoms. The molecule has 0 saturated carbocycles. The first kappa shape index (κ1) is 12.7. The van der Waals surface area contributed by atoms with Gasteiger partial charge in [-0.25, -0.2) is 4.79 Å². The summed E-state index contributed by atoms with van der Waals surface area (Å²) >= 11 is 0. The molecule has 1 aromatic rings. The van der Waals surface area contributed by atoms with Gasteiger partial charge in [0.05, 0.1) is 0 Å². The van der Waals surface area contributed by atoms with Gasteiger partial charge >= 0.3 is 5.97 Å². The molecule has 5 nitrogen and oxygen atoms in total. The van der Waals surface area contributed by atoms with E-state index in [1.54, 1.807) is 11.8 Å². The number of carboxylic acid groups (broad SMARTS) is 1. The Morgan fingerprint density at radius 3 is 2.72 bits per heavy atom. The number of rotatable bonds is 3. The fraction of sp³-hybridized carbons (Fsp3) is 0.538. The van der Waals surface area contributed by atoms with Crippen molar-refractivity contribution in [2.45, 2.75) is 26.7 Å². The van der Waals surface area contributed by atoms with Crippen LogP contribution in [0.4, 0.5) is 0 Å². The Morgan fingerprint density at radius 1 is 1.56 bits per heavy atom. The number of hydrogen-bond donors (Lipinski definition) is 1. The van der Waals surface area contributed by atoms with Crippen LogP contribution >= 0.6 is 0 Å². The molecule has 1 amide bonds. The van der Waals surface area contributed by atoms with Gasteiger partial charge in [-0.1, -0.05) is 13.8 Å². The highest BCUT2D eigenvalue weighted by atomic mass is 16.4. The predicted molar refractivity (Wildman–Crippen MR) is 64.7 cm³/mol. The lowest BCUT2D eigenvalue weighted by Gasteiger charge is -2.13. The van der Waals surface area contributed by atoms with Crippen LogP contribution in [0.3, 0.4) is 0 Å². The highest BCUT2D eigenvalue weighted by molar-refractivity contribution is 5.96. The molecule has 1 N–H and O–H groups in total. The van der Waals surface area contributed by atoms with Gasteiger partial charge in [0.1, 0.15) is 11.3 Å². The highest BCUT2D eigenvalue weighted by Crippen LogP contribution is 2.22. The number of carboxylic acids is 1. The lowest BCUT2D eigenvalue weighted by atomic mass is 10.2. The molecule has 0 radical (unpaired) electrons. The molecule has 1 aliphatic heterocycles. The first-order chi connectivity index (χ1) is 8.52. The van der Waals surface area contributed by atoms with Crippen LogP contribution in [-0.2, 0) is 6.42 Å². The molecule has 0 aromatic carbocycles. The maximum absolute atomic E-state index is 12.1. The number of furan rings is 1. The smallest absolute Gasteiger partial charge is 0.339 e. The van der Waals surface area contributed by atoms with E-state index in [0.29, 0.717) is 31.2 Å². The number of carbonyl (C=O) groups is 2. The summed E-state index contributed by atoms with van der Waals surface area (Å²) in [5, 5.41) is 9.01. The van der Waals surface area contributed by atoms with E-state index in [1.165, 1.54) is 6.07 Å². The molecule has 1 aromatic heterocycles. The quantitative estimate of drug-likeness (QED) is 0.892. The number of amides is 1. The van der Waals surface area contributed by atoms with Gasteiger partial charge in [0.2, 0.25) is 0 Å². The van der Waals surface area contributed by atoms with Crippen LogP contribution in [0.25, 0.3) is 0 Å². The summed E-state index contributed by atoms with van der Waals surface area (Å²) in [6.07, 6.45) is 1.45. The van der Waals surface area contributed by atoms with Crippen LogP contribution in [-0.4, -0.2) is 35.0 Å². The minimum absolute atomic E-state index is 0.0908. The van der Waals surface area contributed by atoms with Gasteiger partial charge in [0, 0.05) is 25.6 Å². The zero-order valence-corrected chi connectivity index (χ0v) is 10.6. The van der Waals surface area contributed by atoms with E-state index in [1.807, 2.05) is 0 Å². The van der Waals surface area contributed by atoms with E-state index < -0.39 is 5.97 Å². The van der Waals surface area contributed by atoms with Crippen LogP contribution in [0.1, 0.15) is 46.9 Å². The van der Waals surface area contributed by atoms with Crippen molar-refractivity contribution in [2.24, 2.45) is 5.92 Å². The molecule has 1 saturated heterocycles. The summed E-state index contributed by atoms with van der Waals surface area (Å²) in [6, 6.07) is 1.34. The van der Waals surface area contributed by atoms with E-state index >= 15 is 0 Å². The standard InChI is InChI=1S/C13H17NO4/c1-3-10-9(13(16)17)6-11(18-10)12(15)14-5-4-8(2)7-14/h6,8H,3-5,7H2,1-2H3,(H,16,17). The van der Waals surface area contributed by atoms with E-state index in [4.69, 9.17) is 9.52 Å². The highest BCUT2D eigenvalue weighted by Gasteiger charge is 2.28. The van der Waals surface area contributed by atoms with Crippen molar-refractivity contribution < 1.29 is 19.1 Å². The van der Waals surface area contributed by atoms with Gasteiger partial charge in [-0.3, -0.25) is 4.79 Å². The van der Waals surface area contributed by atoms with Crippen molar-refractivity contribution in [1.82, 2.24) is 4.90 Å². The van der Waals surface area contributed by atoms with E-state index in [0.717, 1.165) is 6.42 Å². The number of aryl methyl sites for hydroxylation is 1. The minimum Gasteiger partial charge on any atom is -0.478 e. The zero-order chi connectivity index (χ0) is 13.3. The molecular formula is C13H17NO4. The molecule has 98 valence electrons. The molecule has 2 heterocycles. The molecule has 2 rings (SSSR count). The summed E-state index contributed by atoms with van der Waals surface area (Å²) in [6.45, 7) is 5.32. The second-order valence-corrected chi connectivity index (χ2v) is 4.75. The molecule has 0 spiro atoms. The Bertz CT molecular complexity index is 477. The number of hydrogen-bond acceptors (Lipinski definition) is 3. The molecule has 5 heteroatoms. The van der Waals surface area contributed by atoms with E-state index in [2.05, 4.69) is 6.92 Å². The lowest BCUT2D eigenvalue weighted by Crippen LogP contribution is -2.28. The normalized spacial score (nSPS) is 19.2.